The van der Waals surface area contributed by atoms with Crippen molar-refractivity contribution in [2.75, 3.05) is 10.7 Å². The third kappa shape index (κ3) is 3.75. The van der Waals surface area contributed by atoms with E-state index in [0.29, 0.717) is 11.9 Å². The van der Waals surface area contributed by atoms with Crippen LogP contribution in [-0.2, 0) is 0 Å². The van der Waals surface area contributed by atoms with Crippen molar-refractivity contribution in [3.63, 3.8) is 0 Å². The minimum absolute atomic E-state index is 0.531. The molecule has 4 nitrogen and oxygen atoms in total. The van der Waals surface area contributed by atoms with Gasteiger partial charge in [0.05, 0.1) is 0 Å². The van der Waals surface area contributed by atoms with Gasteiger partial charge in [-0.3, -0.25) is 0 Å². The Morgan fingerprint density at radius 2 is 2.27 bits per heavy atom. The van der Waals surface area contributed by atoms with Crippen LogP contribution in [0.15, 0.2) is 18.3 Å². The minimum Gasteiger partial charge on any atom is -0.382 e. The quantitative estimate of drug-likeness (QED) is 0.496. The SMILES string of the molecule is CCCC(CC)Nc1ccnc(NN)c1. The molecular formula is C11H20N4. The topological polar surface area (TPSA) is 63.0 Å². The van der Waals surface area contributed by atoms with Crippen LogP contribution in [0.2, 0.25) is 0 Å². The van der Waals surface area contributed by atoms with Gasteiger partial charge >= 0.3 is 0 Å². The maximum Gasteiger partial charge on any atom is 0.141 e. The molecule has 0 aliphatic rings. The first-order valence-electron chi connectivity index (χ1n) is 5.49. The van der Waals surface area contributed by atoms with Crippen LogP contribution in [0.3, 0.4) is 0 Å². The summed E-state index contributed by atoms with van der Waals surface area (Å²) in [5.41, 5.74) is 3.61. The van der Waals surface area contributed by atoms with E-state index in [2.05, 4.69) is 29.6 Å². The van der Waals surface area contributed by atoms with E-state index in [1.165, 1.54) is 12.8 Å². The molecule has 0 spiro atoms. The molecule has 0 aliphatic heterocycles. The Hall–Kier alpha value is -1.29. The van der Waals surface area contributed by atoms with E-state index >= 15 is 0 Å². The maximum atomic E-state index is 5.30. The molecule has 0 radical (unpaired) electrons. The molecule has 1 atom stereocenters. The molecule has 15 heavy (non-hydrogen) atoms. The number of anilines is 2. The standard InChI is InChI=1S/C11H20N4/c1-3-5-9(4-2)14-10-6-7-13-11(8-10)15-12/h6-9H,3-5,12H2,1-2H3,(H2,13,14,15). The number of aromatic nitrogens is 1. The number of nitrogens with one attached hydrogen (secondary N) is 2. The van der Waals surface area contributed by atoms with Crippen molar-refractivity contribution in [2.24, 2.45) is 5.84 Å². The molecule has 0 amide bonds. The lowest BCUT2D eigenvalue weighted by molar-refractivity contribution is 0.623. The summed E-state index contributed by atoms with van der Waals surface area (Å²) >= 11 is 0. The van der Waals surface area contributed by atoms with Crippen LogP contribution in [0.4, 0.5) is 11.5 Å². The summed E-state index contributed by atoms with van der Waals surface area (Å²) in [5, 5.41) is 3.47. The number of hydrogen-bond donors (Lipinski definition) is 3. The molecule has 1 rings (SSSR count). The molecule has 0 saturated heterocycles. The average molecular weight is 208 g/mol. The average Bonchev–Trinajstić information content (AvgIpc) is 2.29. The largest absolute Gasteiger partial charge is 0.382 e. The number of nitrogens with zero attached hydrogens (tertiary/aromatic N) is 1. The zero-order valence-electron chi connectivity index (χ0n) is 9.46. The highest BCUT2D eigenvalue weighted by Gasteiger charge is 2.04. The van der Waals surface area contributed by atoms with Gasteiger partial charge in [0.1, 0.15) is 5.82 Å². The predicted molar refractivity (Wildman–Crippen MR) is 64.7 cm³/mol. The fourth-order valence-corrected chi connectivity index (χ4v) is 1.56. The number of rotatable bonds is 6. The molecule has 1 aromatic rings. The smallest absolute Gasteiger partial charge is 0.141 e. The van der Waals surface area contributed by atoms with Crippen molar-refractivity contribution >= 4 is 11.5 Å². The summed E-state index contributed by atoms with van der Waals surface area (Å²) in [6.45, 7) is 4.39. The number of nitrogens with two attached hydrogens (primary N) is 1. The molecule has 4 heteroatoms. The van der Waals surface area contributed by atoms with Crippen molar-refractivity contribution in [1.29, 1.82) is 0 Å². The Morgan fingerprint density at radius 1 is 1.47 bits per heavy atom. The van der Waals surface area contributed by atoms with Gasteiger partial charge in [0.25, 0.3) is 0 Å². The van der Waals surface area contributed by atoms with Gasteiger partial charge < -0.3 is 10.7 Å². The van der Waals surface area contributed by atoms with Gasteiger partial charge in [0.2, 0.25) is 0 Å². The highest BCUT2D eigenvalue weighted by molar-refractivity contribution is 5.51. The number of nitrogen functional groups attached to an aromatic ring is 1. The molecule has 0 bridgehead atoms. The molecule has 4 N–H and O–H groups in total. The third-order valence-electron chi connectivity index (χ3n) is 2.41. The first-order valence-corrected chi connectivity index (χ1v) is 5.49. The second-order valence-electron chi connectivity index (χ2n) is 3.61. The van der Waals surface area contributed by atoms with Crippen LogP contribution >= 0.6 is 0 Å². The third-order valence-corrected chi connectivity index (χ3v) is 2.41. The van der Waals surface area contributed by atoms with Crippen molar-refractivity contribution in [3.8, 4) is 0 Å². The van der Waals surface area contributed by atoms with Gasteiger partial charge in [-0.1, -0.05) is 20.3 Å². The van der Waals surface area contributed by atoms with Crippen LogP contribution in [0.1, 0.15) is 33.1 Å². The Morgan fingerprint density at radius 3 is 2.87 bits per heavy atom. The van der Waals surface area contributed by atoms with Crippen LogP contribution in [0, 0.1) is 0 Å². The fraction of sp³-hybridized carbons (Fsp3) is 0.545. The Labute approximate surface area is 91.3 Å². The molecule has 0 aromatic carbocycles. The zero-order valence-corrected chi connectivity index (χ0v) is 9.46. The van der Waals surface area contributed by atoms with Gasteiger partial charge in [0, 0.05) is 24.0 Å². The highest BCUT2D eigenvalue weighted by atomic mass is 15.2. The second-order valence-corrected chi connectivity index (χ2v) is 3.61. The monoisotopic (exact) mass is 208 g/mol. The van der Waals surface area contributed by atoms with E-state index in [1.807, 2.05) is 12.1 Å². The number of hydrogen-bond acceptors (Lipinski definition) is 4. The van der Waals surface area contributed by atoms with E-state index in [9.17, 15) is 0 Å². The summed E-state index contributed by atoms with van der Waals surface area (Å²) in [5.74, 6) is 5.99. The maximum absolute atomic E-state index is 5.30. The van der Waals surface area contributed by atoms with E-state index < -0.39 is 0 Å². The summed E-state index contributed by atoms with van der Waals surface area (Å²) < 4.78 is 0. The van der Waals surface area contributed by atoms with Gasteiger partial charge in [-0.15, -0.1) is 0 Å². The molecule has 0 saturated carbocycles. The first kappa shape index (κ1) is 11.8. The second kappa shape index (κ2) is 6.24. The highest BCUT2D eigenvalue weighted by Crippen LogP contribution is 2.15. The zero-order chi connectivity index (χ0) is 11.1. The van der Waals surface area contributed by atoms with Crippen LogP contribution in [0.25, 0.3) is 0 Å². The van der Waals surface area contributed by atoms with Crippen molar-refractivity contribution in [3.05, 3.63) is 18.3 Å². The Kier molecular flexibility index (Phi) is 4.90. The molecular weight excluding hydrogens is 188 g/mol. The van der Waals surface area contributed by atoms with E-state index in [-0.39, 0.29) is 0 Å². The lowest BCUT2D eigenvalue weighted by atomic mass is 10.1. The van der Waals surface area contributed by atoms with Crippen LogP contribution in [-0.4, -0.2) is 11.0 Å². The van der Waals surface area contributed by atoms with Crippen LogP contribution < -0.4 is 16.6 Å². The Balaban J connectivity index is 2.61. The van der Waals surface area contributed by atoms with Crippen LogP contribution in [0.5, 0.6) is 0 Å². The summed E-state index contributed by atoms with van der Waals surface area (Å²) in [7, 11) is 0. The van der Waals surface area contributed by atoms with E-state index in [4.69, 9.17) is 5.84 Å². The minimum atomic E-state index is 0.531. The van der Waals surface area contributed by atoms with Gasteiger partial charge in [-0.25, -0.2) is 10.8 Å². The summed E-state index contributed by atoms with van der Waals surface area (Å²) in [4.78, 5) is 4.06. The normalized spacial score (nSPS) is 12.2. The fourth-order valence-electron chi connectivity index (χ4n) is 1.56. The molecule has 1 heterocycles. The Bertz CT molecular complexity index is 288. The van der Waals surface area contributed by atoms with Crippen molar-refractivity contribution in [1.82, 2.24) is 4.98 Å². The molecule has 1 unspecified atom stereocenters. The lowest BCUT2D eigenvalue weighted by Crippen LogP contribution is -2.18. The summed E-state index contributed by atoms with van der Waals surface area (Å²) in [6, 6.07) is 4.40. The van der Waals surface area contributed by atoms with E-state index in [1.54, 1.807) is 6.20 Å². The molecule has 1 aromatic heterocycles. The summed E-state index contributed by atoms with van der Waals surface area (Å²) in [6.07, 6.45) is 5.25. The van der Waals surface area contributed by atoms with Crippen molar-refractivity contribution < 1.29 is 0 Å². The van der Waals surface area contributed by atoms with Gasteiger partial charge in [0.15, 0.2) is 0 Å². The van der Waals surface area contributed by atoms with Gasteiger partial charge in [-0.2, -0.15) is 0 Å². The number of hydrazine groups is 1. The van der Waals surface area contributed by atoms with Crippen molar-refractivity contribution in [2.45, 2.75) is 39.2 Å². The molecule has 0 fully saturated rings. The molecule has 84 valence electrons. The predicted octanol–water partition coefficient (Wildman–Crippen LogP) is 2.36. The first-order chi connectivity index (χ1) is 7.30. The van der Waals surface area contributed by atoms with Gasteiger partial charge in [-0.05, 0) is 18.9 Å². The lowest BCUT2D eigenvalue weighted by Gasteiger charge is -2.17. The van der Waals surface area contributed by atoms with E-state index in [0.717, 1.165) is 12.1 Å². The number of pyridine rings is 1. The molecule has 0 aliphatic carbocycles.